The van der Waals surface area contributed by atoms with Crippen molar-refractivity contribution < 1.29 is 23.5 Å². The molecule has 8 heteroatoms. The molecular formula is C26H31N3O5. The second-order valence-electron chi connectivity index (χ2n) is 8.43. The van der Waals surface area contributed by atoms with Gasteiger partial charge in [0.1, 0.15) is 11.5 Å². The van der Waals surface area contributed by atoms with Crippen LogP contribution in [0.25, 0.3) is 0 Å². The summed E-state index contributed by atoms with van der Waals surface area (Å²) >= 11 is 0. The molecule has 1 aromatic carbocycles. The van der Waals surface area contributed by atoms with Crippen LogP contribution < -0.4 is 5.32 Å². The van der Waals surface area contributed by atoms with Crippen LogP contribution in [0.5, 0.6) is 0 Å². The number of urea groups is 1. The summed E-state index contributed by atoms with van der Waals surface area (Å²) in [6.45, 7) is 9.10. The number of methoxy groups -OCH3 is 1. The van der Waals surface area contributed by atoms with Gasteiger partial charge in [0.2, 0.25) is 0 Å². The fourth-order valence-electron chi connectivity index (χ4n) is 4.22. The van der Waals surface area contributed by atoms with E-state index in [1.54, 1.807) is 44.5 Å². The van der Waals surface area contributed by atoms with Gasteiger partial charge in [-0.3, -0.25) is 4.79 Å². The summed E-state index contributed by atoms with van der Waals surface area (Å²) in [6, 6.07) is 7.99. The maximum absolute atomic E-state index is 13.7. The Hall–Kier alpha value is -3.81. The molecule has 2 aromatic heterocycles. The van der Waals surface area contributed by atoms with Crippen molar-refractivity contribution in [3.8, 4) is 0 Å². The SMILES string of the molecule is COC(=O)c1c(C)c(C(=O)C(C)N(Cc2ccco2)C(=O)Nc2c(C)cccc2C)c(C)n1C. The fraction of sp³-hybridized carbons (Fsp3) is 0.346. The monoisotopic (exact) mass is 465 g/mol. The van der Waals surface area contributed by atoms with Crippen LogP contribution in [0, 0.1) is 27.7 Å². The summed E-state index contributed by atoms with van der Waals surface area (Å²) < 4.78 is 12.0. The number of aromatic nitrogens is 1. The van der Waals surface area contributed by atoms with E-state index in [4.69, 9.17) is 9.15 Å². The van der Waals surface area contributed by atoms with E-state index in [2.05, 4.69) is 5.32 Å². The third kappa shape index (κ3) is 4.62. The maximum atomic E-state index is 13.7. The number of carbonyl (C=O) groups excluding carboxylic acids is 3. The average Bonchev–Trinajstić information content (AvgIpc) is 3.39. The van der Waals surface area contributed by atoms with Crippen LogP contribution in [0.2, 0.25) is 0 Å². The molecule has 1 N–H and O–H groups in total. The number of furan rings is 1. The Kier molecular flexibility index (Phi) is 7.29. The second kappa shape index (κ2) is 9.99. The van der Waals surface area contributed by atoms with Gasteiger partial charge in [0.25, 0.3) is 0 Å². The molecule has 0 aliphatic rings. The van der Waals surface area contributed by atoms with E-state index >= 15 is 0 Å². The number of hydrogen-bond donors (Lipinski definition) is 1. The van der Waals surface area contributed by atoms with Crippen molar-refractivity contribution in [1.82, 2.24) is 9.47 Å². The number of para-hydroxylation sites is 1. The van der Waals surface area contributed by atoms with Gasteiger partial charge in [-0.15, -0.1) is 0 Å². The summed E-state index contributed by atoms with van der Waals surface area (Å²) in [5.41, 5.74) is 4.41. The van der Waals surface area contributed by atoms with Gasteiger partial charge in [-0.2, -0.15) is 0 Å². The van der Waals surface area contributed by atoms with E-state index in [-0.39, 0.29) is 12.3 Å². The first-order chi connectivity index (χ1) is 16.1. The molecule has 0 saturated heterocycles. The lowest BCUT2D eigenvalue weighted by Crippen LogP contribution is -2.45. The van der Waals surface area contributed by atoms with Gasteiger partial charge in [-0.05, 0) is 63.4 Å². The van der Waals surface area contributed by atoms with E-state index in [1.807, 2.05) is 32.0 Å². The zero-order chi connectivity index (χ0) is 25.2. The fourth-order valence-corrected chi connectivity index (χ4v) is 4.22. The van der Waals surface area contributed by atoms with Crippen LogP contribution in [0.15, 0.2) is 41.0 Å². The highest BCUT2D eigenvalue weighted by atomic mass is 16.5. The lowest BCUT2D eigenvalue weighted by molar-refractivity contribution is 0.0588. The van der Waals surface area contributed by atoms with E-state index in [0.29, 0.717) is 34.0 Å². The predicted octanol–water partition coefficient (Wildman–Crippen LogP) is 4.94. The Morgan fingerprint density at radius 3 is 2.29 bits per heavy atom. The van der Waals surface area contributed by atoms with Crippen LogP contribution in [0.3, 0.4) is 0 Å². The molecule has 0 aliphatic heterocycles. The van der Waals surface area contributed by atoms with Crippen molar-refractivity contribution >= 4 is 23.5 Å². The third-order valence-corrected chi connectivity index (χ3v) is 6.28. The minimum Gasteiger partial charge on any atom is -0.467 e. The highest BCUT2D eigenvalue weighted by Gasteiger charge is 2.33. The van der Waals surface area contributed by atoms with E-state index in [1.165, 1.54) is 18.3 Å². The second-order valence-corrected chi connectivity index (χ2v) is 8.43. The Morgan fingerprint density at radius 2 is 1.74 bits per heavy atom. The number of ether oxygens (including phenoxy) is 1. The molecule has 180 valence electrons. The van der Waals surface area contributed by atoms with Gasteiger partial charge >= 0.3 is 12.0 Å². The third-order valence-electron chi connectivity index (χ3n) is 6.28. The largest absolute Gasteiger partial charge is 0.467 e. The Labute approximate surface area is 199 Å². The van der Waals surface area contributed by atoms with Gasteiger partial charge in [0, 0.05) is 24.0 Å². The Morgan fingerprint density at radius 1 is 1.09 bits per heavy atom. The standard InChI is InChI=1S/C26H31N3O5/c1-15-10-8-11-16(2)22(15)27-26(32)29(14-20-12-9-13-34-20)19(5)24(30)21-17(3)23(25(31)33-7)28(6)18(21)4/h8-13,19H,14H2,1-7H3,(H,27,32). The lowest BCUT2D eigenvalue weighted by atomic mass is 10.00. The zero-order valence-electron chi connectivity index (χ0n) is 20.7. The highest BCUT2D eigenvalue weighted by molar-refractivity contribution is 6.07. The predicted molar refractivity (Wildman–Crippen MR) is 129 cm³/mol. The molecule has 0 spiro atoms. The first-order valence-corrected chi connectivity index (χ1v) is 11.0. The average molecular weight is 466 g/mol. The lowest BCUT2D eigenvalue weighted by Gasteiger charge is -2.28. The summed E-state index contributed by atoms with van der Waals surface area (Å²) in [6.07, 6.45) is 1.53. The molecule has 0 bridgehead atoms. The van der Waals surface area contributed by atoms with Crippen molar-refractivity contribution in [3.05, 3.63) is 76.0 Å². The number of amides is 2. The maximum Gasteiger partial charge on any atom is 0.354 e. The first kappa shape index (κ1) is 24.8. The number of ketones is 1. The molecule has 34 heavy (non-hydrogen) atoms. The number of Topliss-reactive ketones (excluding diaryl/α,β-unsaturated/α-hetero) is 1. The van der Waals surface area contributed by atoms with Crippen LogP contribution in [-0.2, 0) is 18.3 Å². The number of nitrogens with one attached hydrogen (secondary N) is 1. The topological polar surface area (TPSA) is 93.8 Å². The molecule has 3 rings (SSSR count). The molecule has 8 nitrogen and oxygen atoms in total. The van der Waals surface area contributed by atoms with Crippen LogP contribution in [0.4, 0.5) is 10.5 Å². The van der Waals surface area contributed by atoms with Crippen LogP contribution >= 0.6 is 0 Å². The van der Waals surface area contributed by atoms with Crippen LogP contribution in [-0.4, -0.2) is 40.4 Å². The summed E-state index contributed by atoms with van der Waals surface area (Å²) in [5.74, 6) is -0.243. The molecule has 2 amide bonds. The van der Waals surface area contributed by atoms with Gasteiger partial charge in [-0.1, -0.05) is 18.2 Å². The van der Waals surface area contributed by atoms with Crippen molar-refractivity contribution in [2.24, 2.45) is 7.05 Å². The molecule has 1 atom stereocenters. The highest BCUT2D eigenvalue weighted by Crippen LogP contribution is 2.26. The first-order valence-electron chi connectivity index (χ1n) is 11.0. The number of anilines is 1. The molecule has 2 heterocycles. The van der Waals surface area contributed by atoms with E-state index in [9.17, 15) is 14.4 Å². The number of hydrogen-bond acceptors (Lipinski definition) is 5. The summed E-state index contributed by atoms with van der Waals surface area (Å²) in [7, 11) is 3.02. The Bertz CT molecular complexity index is 1200. The number of aryl methyl sites for hydroxylation is 2. The molecule has 3 aromatic rings. The minimum absolute atomic E-state index is 0.103. The normalized spacial score (nSPS) is 11.7. The van der Waals surface area contributed by atoms with Gasteiger partial charge < -0.3 is 23.9 Å². The van der Waals surface area contributed by atoms with Crippen molar-refractivity contribution in [3.63, 3.8) is 0 Å². The van der Waals surface area contributed by atoms with E-state index in [0.717, 1.165) is 11.1 Å². The van der Waals surface area contributed by atoms with E-state index < -0.39 is 18.0 Å². The summed E-state index contributed by atoms with van der Waals surface area (Å²) in [5, 5.41) is 2.97. The molecular weight excluding hydrogens is 434 g/mol. The number of nitrogens with zero attached hydrogens (tertiary/aromatic N) is 2. The minimum atomic E-state index is -0.834. The van der Waals surface area contributed by atoms with Gasteiger partial charge in [0.05, 0.1) is 26.0 Å². The molecule has 0 radical (unpaired) electrons. The number of carbonyl (C=O) groups is 3. The van der Waals surface area contributed by atoms with Crippen molar-refractivity contribution in [1.29, 1.82) is 0 Å². The zero-order valence-corrected chi connectivity index (χ0v) is 20.7. The molecule has 0 fully saturated rings. The van der Waals surface area contributed by atoms with Crippen molar-refractivity contribution in [2.75, 3.05) is 12.4 Å². The molecule has 0 aliphatic carbocycles. The summed E-state index contributed by atoms with van der Waals surface area (Å²) in [4.78, 5) is 40.9. The van der Waals surface area contributed by atoms with Gasteiger partial charge in [-0.25, -0.2) is 9.59 Å². The number of esters is 1. The number of rotatable bonds is 7. The Balaban J connectivity index is 1.99. The molecule has 1 unspecified atom stereocenters. The van der Waals surface area contributed by atoms with Crippen molar-refractivity contribution in [2.45, 2.75) is 47.2 Å². The smallest absolute Gasteiger partial charge is 0.354 e. The van der Waals surface area contributed by atoms with Crippen LogP contribution in [0.1, 0.15) is 55.9 Å². The quantitative estimate of drug-likeness (QED) is 0.394. The number of benzene rings is 1. The van der Waals surface area contributed by atoms with Gasteiger partial charge in [0.15, 0.2) is 5.78 Å². The molecule has 0 saturated carbocycles.